The van der Waals surface area contributed by atoms with Gasteiger partial charge in [-0.15, -0.1) is 0 Å². The molecule has 4 aromatic rings. The number of benzene rings is 4. The van der Waals surface area contributed by atoms with Gasteiger partial charge in [-0.1, -0.05) is 84.3 Å². The molecular weight excluding hydrogens is 251 g/mol. The zero-order valence-electron chi connectivity index (χ0n) is 11.6. The largest absolute Gasteiger partial charge is 0.115 e. The molecule has 0 saturated carbocycles. The van der Waals surface area contributed by atoms with E-state index >= 15 is 0 Å². The maximum absolute atomic E-state index is 6.40. The molecule has 0 bridgehead atoms. The Morgan fingerprint density at radius 2 is 0.905 bits per heavy atom. The van der Waals surface area contributed by atoms with Crippen molar-refractivity contribution in [1.29, 1.82) is 0 Å². The van der Waals surface area contributed by atoms with E-state index in [9.17, 15) is 0 Å². The number of rotatable bonds is 1. The van der Waals surface area contributed by atoms with Gasteiger partial charge < -0.3 is 0 Å². The Balaban J connectivity index is 2.28. The number of hydrogen-bond acceptors (Lipinski definition) is 0. The van der Waals surface area contributed by atoms with Crippen LogP contribution in [0.2, 0.25) is 0 Å². The normalized spacial score (nSPS) is 11.0. The van der Waals surface area contributed by atoms with Crippen LogP contribution >= 0.6 is 0 Å². The van der Waals surface area contributed by atoms with Gasteiger partial charge in [0.2, 0.25) is 0 Å². The van der Waals surface area contributed by atoms with Gasteiger partial charge in [-0.25, -0.2) is 0 Å². The van der Waals surface area contributed by atoms with Crippen molar-refractivity contribution in [3.63, 3.8) is 0 Å². The molecular formula is C20H13B. The molecule has 0 heterocycles. The van der Waals surface area contributed by atoms with E-state index in [2.05, 4.69) is 60.7 Å². The van der Waals surface area contributed by atoms with Gasteiger partial charge >= 0.3 is 0 Å². The highest BCUT2D eigenvalue weighted by Crippen LogP contribution is 2.34. The Labute approximate surface area is 125 Å². The fourth-order valence-corrected chi connectivity index (χ4v) is 3.08. The minimum atomic E-state index is 0.862. The average molecular weight is 264 g/mol. The van der Waals surface area contributed by atoms with Crippen LogP contribution in [-0.2, 0) is 0 Å². The third kappa shape index (κ3) is 1.85. The van der Waals surface area contributed by atoms with Crippen LogP contribution < -0.4 is 5.46 Å². The Hall–Kier alpha value is -2.54. The van der Waals surface area contributed by atoms with E-state index in [-0.39, 0.29) is 0 Å². The van der Waals surface area contributed by atoms with E-state index in [4.69, 9.17) is 7.85 Å². The number of hydrogen-bond donors (Lipinski definition) is 0. The zero-order chi connectivity index (χ0) is 14.2. The zero-order valence-corrected chi connectivity index (χ0v) is 11.6. The summed E-state index contributed by atoms with van der Waals surface area (Å²) in [6, 6.07) is 27.3. The molecule has 0 nitrogen and oxygen atoms in total. The van der Waals surface area contributed by atoms with Gasteiger partial charge in [-0.05, 0) is 32.7 Å². The van der Waals surface area contributed by atoms with E-state index < -0.39 is 0 Å². The minimum Gasteiger partial charge on any atom is -0.0812 e. The molecule has 0 N–H and O–H groups in total. The van der Waals surface area contributed by atoms with Gasteiger partial charge in [0.25, 0.3) is 0 Å². The van der Waals surface area contributed by atoms with Gasteiger partial charge in [0.1, 0.15) is 7.85 Å². The molecule has 0 saturated heterocycles. The molecule has 0 aromatic heterocycles. The maximum Gasteiger partial charge on any atom is 0.115 e. The van der Waals surface area contributed by atoms with E-state index in [1.807, 2.05) is 18.2 Å². The molecule has 4 rings (SSSR count). The second kappa shape index (κ2) is 4.78. The molecule has 1 heteroatoms. The van der Waals surface area contributed by atoms with Crippen molar-refractivity contribution < 1.29 is 0 Å². The SMILES string of the molecule is [B]c1c2ccccc2c(-c2ccccc2)c2ccccc12. The molecule has 0 atom stereocenters. The summed E-state index contributed by atoms with van der Waals surface area (Å²) in [5, 5.41) is 4.66. The van der Waals surface area contributed by atoms with Gasteiger partial charge in [0.15, 0.2) is 0 Å². The summed E-state index contributed by atoms with van der Waals surface area (Å²) in [5.41, 5.74) is 3.35. The Bertz CT molecular complexity index is 883. The van der Waals surface area contributed by atoms with Crippen molar-refractivity contribution in [3.05, 3.63) is 78.9 Å². The van der Waals surface area contributed by atoms with E-state index in [0.29, 0.717) is 0 Å². The van der Waals surface area contributed by atoms with Crippen LogP contribution in [-0.4, -0.2) is 7.85 Å². The summed E-state index contributed by atoms with van der Waals surface area (Å²) >= 11 is 0. The second-order valence-corrected chi connectivity index (χ2v) is 5.25. The third-order valence-corrected chi connectivity index (χ3v) is 4.04. The number of fused-ring (bicyclic) bond motifs is 2. The summed E-state index contributed by atoms with van der Waals surface area (Å²) < 4.78 is 0. The third-order valence-electron chi connectivity index (χ3n) is 4.04. The van der Waals surface area contributed by atoms with Crippen LogP contribution in [0.3, 0.4) is 0 Å². The molecule has 0 unspecified atom stereocenters. The Kier molecular flexibility index (Phi) is 2.78. The Morgan fingerprint density at radius 3 is 1.43 bits per heavy atom. The molecule has 0 aliphatic rings. The summed E-state index contributed by atoms with van der Waals surface area (Å²) in [4.78, 5) is 0. The molecule has 0 fully saturated rings. The molecule has 0 aliphatic carbocycles. The highest BCUT2D eigenvalue weighted by Gasteiger charge is 2.11. The molecule has 0 aliphatic heterocycles. The second-order valence-electron chi connectivity index (χ2n) is 5.25. The first kappa shape index (κ1) is 12.2. The quantitative estimate of drug-likeness (QED) is 0.352. The van der Waals surface area contributed by atoms with Gasteiger partial charge in [-0.3, -0.25) is 0 Å². The highest BCUT2D eigenvalue weighted by atomic mass is 14.1. The van der Waals surface area contributed by atoms with Crippen molar-refractivity contribution in [2.45, 2.75) is 0 Å². The van der Waals surface area contributed by atoms with Crippen LogP contribution in [0.15, 0.2) is 78.9 Å². The van der Waals surface area contributed by atoms with E-state index in [0.717, 1.165) is 16.2 Å². The van der Waals surface area contributed by atoms with Crippen molar-refractivity contribution in [1.82, 2.24) is 0 Å². The lowest BCUT2D eigenvalue weighted by Gasteiger charge is -2.15. The van der Waals surface area contributed by atoms with Crippen molar-refractivity contribution in [3.8, 4) is 11.1 Å². The lowest BCUT2D eigenvalue weighted by atomic mass is 9.81. The van der Waals surface area contributed by atoms with Crippen molar-refractivity contribution in [2.24, 2.45) is 0 Å². The first-order valence-electron chi connectivity index (χ1n) is 7.10. The summed E-state index contributed by atoms with van der Waals surface area (Å²) in [6.45, 7) is 0. The highest BCUT2D eigenvalue weighted by molar-refractivity contribution is 6.46. The fraction of sp³-hybridized carbons (Fsp3) is 0. The predicted molar refractivity (Wildman–Crippen MR) is 92.3 cm³/mol. The first-order chi connectivity index (χ1) is 10.4. The van der Waals surface area contributed by atoms with Crippen molar-refractivity contribution >= 4 is 34.9 Å². The Morgan fingerprint density at radius 1 is 0.476 bits per heavy atom. The predicted octanol–water partition coefficient (Wildman–Crippen LogP) is 4.45. The van der Waals surface area contributed by atoms with Crippen molar-refractivity contribution in [2.75, 3.05) is 0 Å². The van der Waals surface area contributed by atoms with Gasteiger partial charge in [0, 0.05) is 0 Å². The smallest absolute Gasteiger partial charge is 0.0812 e. The average Bonchev–Trinajstić information content (AvgIpc) is 2.56. The monoisotopic (exact) mass is 264 g/mol. The summed E-state index contributed by atoms with van der Waals surface area (Å²) in [7, 11) is 6.40. The molecule has 96 valence electrons. The topological polar surface area (TPSA) is 0 Å². The van der Waals surface area contributed by atoms with Gasteiger partial charge in [0.05, 0.1) is 0 Å². The molecule has 2 radical (unpaired) electrons. The van der Waals surface area contributed by atoms with Gasteiger partial charge in [-0.2, -0.15) is 0 Å². The van der Waals surface area contributed by atoms with E-state index in [1.165, 1.54) is 21.9 Å². The maximum atomic E-state index is 6.40. The lowest BCUT2D eigenvalue weighted by molar-refractivity contribution is 1.68. The molecule has 0 spiro atoms. The molecule has 0 amide bonds. The minimum absolute atomic E-state index is 0.862. The summed E-state index contributed by atoms with van der Waals surface area (Å²) in [6.07, 6.45) is 0. The fourth-order valence-electron chi connectivity index (χ4n) is 3.08. The van der Waals surface area contributed by atoms with Crippen LogP contribution in [0.4, 0.5) is 0 Å². The van der Waals surface area contributed by atoms with Crippen LogP contribution in [0.25, 0.3) is 32.7 Å². The van der Waals surface area contributed by atoms with E-state index in [1.54, 1.807) is 0 Å². The van der Waals surface area contributed by atoms with Crippen LogP contribution in [0.1, 0.15) is 0 Å². The lowest BCUT2D eigenvalue weighted by Crippen LogP contribution is -2.07. The van der Waals surface area contributed by atoms with Crippen LogP contribution in [0, 0.1) is 0 Å². The first-order valence-corrected chi connectivity index (χ1v) is 7.10. The summed E-state index contributed by atoms with van der Waals surface area (Å²) in [5.74, 6) is 0. The standard InChI is InChI=1S/C20H13B/c21-20-17-12-6-4-10-15(17)19(14-8-2-1-3-9-14)16-11-5-7-13-18(16)20/h1-13H. The van der Waals surface area contributed by atoms with Crippen LogP contribution in [0.5, 0.6) is 0 Å². The molecule has 4 aromatic carbocycles. The molecule has 21 heavy (non-hydrogen) atoms.